The maximum absolute atomic E-state index is 14.4. The molecule has 0 saturated heterocycles. The zero-order valence-electron chi connectivity index (χ0n) is 20.3. The Morgan fingerprint density at radius 2 is 1.02 bits per heavy atom. The second-order valence-corrected chi connectivity index (χ2v) is 9.91. The molecule has 1 atom stereocenters. The number of phosphoric ester groups is 1. The van der Waals surface area contributed by atoms with Crippen molar-refractivity contribution in [2.75, 3.05) is 0 Å². The van der Waals surface area contributed by atoms with Crippen molar-refractivity contribution < 1.29 is 93.5 Å². The molecule has 0 heterocycles. The molecule has 22 heteroatoms. The topological polar surface area (TPSA) is 66.8 Å². The second kappa shape index (κ2) is 11.6. The molecule has 0 aliphatic rings. The van der Waals surface area contributed by atoms with E-state index in [1.807, 2.05) is 0 Å². The van der Waals surface area contributed by atoms with Gasteiger partial charge >= 0.3 is 55.5 Å². The molecule has 0 saturated carbocycles. The maximum atomic E-state index is 14.4. The lowest BCUT2D eigenvalue weighted by Gasteiger charge is -2.42. The van der Waals surface area contributed by atoms with Crippen LogP contribution in [0.3, 0.4) is 0 Å². The van der Waals surface area contributed by atoms with Crippen LogP contribution in [-0.4, -0.2) is 51.5 Å². The lowest BCUT2D eigenvalue weighted by molar-refractivity contribution is -0.462. The van der Waals surface area contributed by atoms with Crippen molar-refractivity contribution in [2.24, 2.45) is 0 Å². The van der Waals surface area contributed by atoms with Gasteiger partial charge in [0, 0.05) is 5.56 Å². The normalized spacial score (nSPS) is 16.1. The van der Waals surface area contributed by atoms with Gasteiger partial charge in [0.1, 0.15) is 0 Å². The van der Waals surface area contributed by atoms with E-state index in [1.54, 1.807) is 6.92 Å². The summed E-state index contributed by atoms with van der Waals surface area (Å²) in [6.07, 6.45) is -8.67. The van der Waals surface area contributed by atoms with Gasteiger partial charge in [-0.3, -0.25) is 4.52 Å². The SMILES string of the molecule is CCCCCC(OP(=O)(O)O)c1ccc(C(F)(F)C(F)(F)C(F)(F)C(F)(F)C(F)(F)C(F)(F)C(F)(F)C(F)(F)F)cc1. The summed E-state index contributed by atoms with van der Waals surface area (Å²) in [7, 11) is -5.31. The van der Waals surface area contributed by atoms with Gasteiger partial charge in [0.2, 0.25) is 0 Å². The molecule has 0 aliphatic heterocycles. The van der Waals surface area contributed by atoms with Gasteiger partial charge in [0.25, 0.3) is 0 Å². The standard InChI is InChI=1S/C20H18F17O4P/c1-2-3-4-5-12(41-42(38,39)40)10-6-8-11(9-7-10)13(21,22)14(23,24)15(25,26)16(27,28)17(29,30)18(31,32)19(33,34)20(35,36)37/h6-9,12H,2-5H2,1H3,(H2,38,39,40). The van der Waals surface area contributed by atoms with Gasteiger partial charge in [-0.15, -0.1) is 0 Å². The average Bonchev–Trinajstić information content (AvgIpc) is 2.81. The van der Waals surface area contributed by atoms with Crippen LogP contribution in [-0.2, 0) is 15.0 Å². The number of rotatable bonds is 14. The van der Waals surface area contributed by atoms with E-state index in [1.165, 1.54) is 0 Å². The molecule has 246 valence electrons. The highest BCUT2D eigenvalue weighted by atomic mass is 31.2. The summed E-state index contributed by atoms with van der Waals surface area (Å²) in [5, 5.41) is 0. The summed E-state index contributed by atoms with van der Waals surface area (Å²) >= 11 is 0. The molecule has 0 aromatic heterocycles. The summed E-state index contributed by atoms with van der Waals surface area (Å²) in [6, 6.07) is 0.0127. The molecule has 1 aromatic carbocycles. The van der Waals surface area contributed by atoms with Crippen LogP contribution in [0.5, 0.6) is 0 Å². The number of benzene rings is 1. The molecule has 42 heavy (non-hydrogen) atoms. The number of phosphoric acid groups is 1. The highest BCUT2D eigenvalue weighted by Gasteiger charge is 2.95. The Kier molecular flexibility index (Phi) is 10.5. The van der Waals surface area contributed by atoms with Gasteiger partial charge in [-0.05, 0) is 12.0 Å². The third-order valence-corrected chi connectivity index (χ3v) is 6.23. The molecule has 2 N–H and O–H groups in total. The zero-order valence-corrected chi connectivity index (χ0v) is 21.2. The fourth-order valence-electron chi connectivity index (χ4n) is 3.28. The number of alkyl halides is 17. The number of hydrogen-bond donors (Lipinski definition) is 2. The van der Waals surface area contributed by atoms with Crippen LogP contribution in [0.1, 0.15) is 49.8 Å². The first-order valence-corrected chi connectivity index (χ1v) is 12.5. The van der Waals surface area contributed by atoms with Crippen LogP contribution in [0.4, 0.5) is 74.6 Å². The van der Waals surface area contributed by atoms with Crippen LogP contribution >= 0.6 is 7.82 Å². The Labute approximate surface area is 224 Å². The van der Waals surface area contributed by atoms with E-state index in [2.05, 4.69) is 4.52 Å². The minimum absolute atomic E-state index is 0.157. The summed E-state index contributed by atoms with van der Waals surface area (Å²) in [5.41, 5.74) is -2.94. The monoisotopic (exact) mass is 676 g/mol. The van der Waals surface area contributed by atoms with Gasteiger partial charge in [0.15, 0.2) is 0 Å². The number of halogens is 17. The van der Waals surface area contributed by atoms with E-state index >= 15 is 0 Å². The zero-order chi connectivity index (χ0) is 33.6. The summed E-state index contributed by atoms with van der Waals surface area (Å²) in [4.78, 5) is 17.9. The van der Waals surface area contributed by atoms with Crippen molar-refractivity contribution in [3.63, 3.8) is 0 Å². The van der Waals surface area contributed by atoms with Gasteiger partial charge < -0.3 is 9.79 Å². The van der Waals surface area contributed by atoms with Crippen LogP contribution in [0.2, 0.25) is 0 Å². The predicted molar refractivity (Wildman–Crippen MR) is 106 cm³/mol. The van der Waals surface area contributed by atoms with E-state index < -0.39 is 72.7 Å². The van der Waals surface area contributed by atoms with Gasteiger partial charge in [-0.25, -0.2) is 4.57 Å². The predicted octanol–water partition coefficient (Wildman–Crippen LogP) is 8.88. The fraction of sp³-hybridized carbons (Fsp3) is 0.700. The van der Waals surface area contributed by atoms with E-state index in [0.29, 0.717) is 12.8 Å². The van der Waals surface area contributed by atoms with Crippen LogP contribution in [0.15, 0.2) is 24.3 Å². The van der Waals surface area contributed by atoms with Crippen molar-refractivity contribution >= 4 is 7.82 Å². The number of unbranched alkanes of at least 4 members (excludes halogenated alkanes) is 2. The van der Waals surface area contributed by atoms with Crippen molar-refractivity contribution in [1.82, 2.24) is 0 Å². The van der Waals surface area contributed by atoms with E-state index in [-0.39, 0.29) is 37.1 Å². The number of hydrogen-bond acceptors (Lipinski definition) is 2. The smallest absolute Gasteiger partial charge is 0.303 e. The summed E-state index contributed by atoms with van der Waals surface area (Å²) in [6.45, 7) is 1.67. The summed E-state index contributed by atoms with van der Waals surface area (Å²) in [5.74, 6) is -57.3. The van der Waals surface area contributed by atoms with Crippen LogP contribution in [0, 0.1) is 0 Å². The molecule has 0 spiro atoms. The molecule has 0 fully saturated rings. The Bertz CT molecular complexity index is 1110. The first-order valence-electron chi connectivity index (χ1n) is 10.9. The van der Waals surface area contributed by atoms with Gasteiger partial charge in [-0.2, -0.15) is 74.6 Å². The Balaban J connectivity index is 3.60. The van der Waals surface area contributed by atoms with E-state index in [9.17, 15) is 79.2 Å². The molecule has 0 amide bonds. The minimum Gasteiger partial charge on any atom is -0.303 e. The quantitative estimate of drug-likeness (QED) is 0.117. The Hall–Kier alpha value is -1.86. The highest BCUT2D eigenvalue weighted by Crippen LogP contribution is 2.65. The van der Waals surface area contributed by atoms with E-state index in [0.717, 1.165) is 0 Å². The van der Waals surface area contributed by atoms with Crippen molar-refractivity contribution in [1.29, 1.82) is 0 Å². The fourth-order valence-corrected chi connectivity index (χ4v) is 3.84. The summed E-state index contributed by atoms with van der Waals surface area (Å²) < 4.78 is 245. The molecule has 0 aliphatic carbocycles. The molecule has 0 radical (unpaired) electrons. The second-order valence-electron chi connectivity index (χ2n) is 8.72. The Morgan fingerprint density at radius 3 is 1.38 bits per heavy atom. The molecular formula is C20H18F17O4P. The highest BCUT2D eigenvalue weighted by molar-refractivity contribution is 7.46. The molecule has 0 bridgehead atoms. The van der Waals surface area contributed by atoms with Gasteiger partial charge in [-0.1, -0.05) is 50.5 Å². The average molecular weight is 676 g/mol. The largest absolute Gasteiger partial charge is 0.470 e. The van der Waals surface area contributed by atoms with Crippen molar-refractivity contribution in [2.45, 2.75) is 86.3 Å². The van der Waals surface area contributed by atoms with Crippen molar-refractivity contribution in [3.05, 3.63) is 35.4 Å². The molecule has 1 rings (SSSR count). The lowest BCUT2D eigenvalue weighted by atomic mass is 9.87. The maximum Gasteiger partial charge on any atom is 0.470 e. The van der Waals surface area contributed by atoms with Crippen LogP contribution in [0.25, 0.3) is 0 Å². The first kappa shape index (κ1) is 38.2. The third-order valence-electron chi connectivity index (χ3n) is 5.70. The van der Waals surface area contributed by atoms with Crippen molar-refractivity contribution in [3.8, 4) is 0 Å². The van der Waals surface area contributed by atoms with Crippen LogP contribution < -0.4 is 0 Å². The molecule has 4 nitrogen and oxygen atoms in total. The molecule has 1 aromatic rings. The molecular weight excluding hydrogens is 658 g/mol. The van der Waals surface area contributed by atoms with Gasteiger partial charge in [0.05, 0.1) is 6.10 Å². The Morgan fingerprint density at radius 1 is 0.643 bits per heavy atom. The lowest BCUT2D eigenvalue weighted by Crippen LogP contribution is -2.74. The van der Waals surface area contributed by atoms with E-state index in [4.69, 9.17) is 9.79 Å². The third kappa shape index (κ3) is 6.33. The molecule has 1 unspecified atom stereocenters. The first-order chi connectivity index (χ1) is 18.4. The minimum atomic E-state index is -8.72.